The molecular weight excluding hydrogens is 359 g/mol. The summed E-state index contributed by atoms with van der Waals surface area (Å²) in [6, 6.07) is 9.09. The van der Waals surface area contributed by atoms with Gasteiger partial charge in [-0.3, -0.25) is 9.78 Å². The van der Waals surface area contributed by atoms with E-state index in [0.717, 1.165) is 24.1 Å². The summed E-state index contributed by atoms with van der Waals surface area (Å²) in [5.74, 6) is 0.00751. The minimum absolute atomic E-state index is 0.00751. The molecule has 1 aliphatic heterocycles. The molecule has 2 heterocycles. The number of rotatable bonds is 4. The van der Waals surface area contributed by atoms with E-state index in [1.807, 2.05) is 17.0 Å². The van der Waals surface area contributed by atoms with Gasteiger partial charge < -0.3 is 9.64 Å². The van der Waals surface area contributed by atoms with Crippen LogP contribution in [0.15, 0.2) is 36.5 Å². The molecule has 2 aromatic rings. The van der Waals surface area contributed by atoms with Gasteiger partial charge in [-0.05, 0) is 36.2 Å². The largest absolute Gasteiger partial charge is 0.370 e. The molecule has 0 spiro atoms. The summed E-state index contributed by atoms with van der Waals surface area (Å²) >= 11 is 12.1. The lowest BCUT2D eigenvalue weighted by Gasteiger charge is -2.33. The van der Waals surface area contributed by atoms with Crippen molar-refractivity contribution in [1.29, 1.82) is 0 Å². The fourth-order valence-electron chi connectivity index (χ4n) is 2.93. The number of morpholine rings is 1. The summed E-state index contributed by atoms with van der Waals surface area (Å²) in [6.07, 6.45) is 3.37. The first-order valence-electron chi connectivity index (χ1n) is 8.39. The first-order valence-corrected chi connectivity index (χ1v) is 9.15. The normalized spacial score (nSPS) is 17.6. The highest BCUT2D eigenvalue weighted by molar-refractivity contribution is 6.42. The maximum Gasteiger partial charge on any atom is 0.254 e. The van der Waals surface area contributed by atoms with Gasteiger partial charge in [0.15, 0.2) is 0 Å². The number of hydrogen-bond acceptors (Lipinski definition) is 3. The number of aryl methyl sites for hydroxylation is 1. The number of amides is 1. The van der Waals surface area contributed by atoms with Crippen LogP contribution in [0.1, 0.15) is 41.1 Å². The highest BCUT2D eigenvalue weighted by Gasteiger charge is 2.26. The van der Waals surface area contributed by atoms with E-state index in [2.05, 4.69) is 11.9 Å². The van der Waals surface area contributed by atoms with Crippen molar-refractivity contribution < 1.29 is 9.53 Å². The van der Waals surface area contributed by atoms with Crippen LogP contribution < -0.4 is 0 Å². The van der Waals surface area contributed by atoms with Gasteiger partial charge in [-0.1, -0.05) is 42.6 Å². The Balaban J connectivity index is 1.75. The molecule has 132 valence electrons. The Morgan fingerprint density at radius 2 is 2.12 bits per heavy atom. The van der Waals surface area contributed by atoms with Crippen molar-refractivity contribution in [2.75, 3.05) is 19.7 Å². The zero-order valence-corrected chi connectivity index (χ0v) is 15.6. The number of carbonyl (C=O) groups excluding carboxylic acids is 1. The summed E-state index contributed by atoms with van der Waals surface area (Å²) in [5, 5.41) is 0.999. The van der Waals surface area contributed by atoms with Crippen LogP contribution in [0.3, 0.4) is 0 Å². The number of aromatic nitrogens is 1. The molecule has 1 aliphatic rings. The number of pyridine rings is 1. The van der Waals surface area contributed by atoms with E-state index in [-0.39, 0.29) is 12.0 Å². The first-order chi connectivity index (χ1) is 12.1. The lowest BCUT2D eigenvalue weighted by atomic mass is 10.1. The Morgan fingerprint density at radius 3 is 2.88 bits per heavy atom. The molecule has 0 aliphatic carbocycles. The Labute approximate surface area is 157 Å². The molecule has 1 aromatic heterocycles. The highest BCUT2D eigenvalue weighted by atomic mass is 35.5. The van der Waals surface area contributed by atoms with Gasteiger partial charge >= 0.3 is 0 Å². The molecule has 1 aromatic carbocycles. The van der Waals surface area contributed by atoms with Gasteiger partial charge in [0.2, 0.25) is 0 Å². The van der Waals surface area contributed by atoms with Gasteiger partial charge in [0.25, 0.3) is 5.91 Å². The molecule has 0 N–H and O–H groups in total. The average Bonchev–Trinajstić information content (AvgIpc) is 2.64. The van der Waals surface area contributed by atoms with Gasteiger partial charge in [0.1, 0.15) is 6.10 Å². The van der Waals surface area contributed by atoms with Crippen LogP contribution in [0, 0.1) is 0 Å². The van der Waals surface area contributed by atoms with Crippen LogP contribution in [-0.4, -0.2) is 35.5 Å². The zero-order chi connectivity index (χ0) is 17.8. The van der Waals surface area contributed by atoms with Gasteiger partial charge in [-0.25, -0.2) is 0 Å². The van der Waals surface area contributed by atoms with Crippen LogP contribution in [0.4, 0.5) is 0 Å². The third-order valence-corrected chi connectivity index (χ3v) is 4.98. The maximum atomic E-state index is 12.8. The quantitative estimate of drug-likeness (QED) is 0.783. The molecule has 0 unspecified atom stereocenters. The van der Waals surface area contributed by atoms with Crippen LogP contribution >= 0.6 is 23.2 Å². The summed E-state index contributed by atoms with van der Waals surface area (Å²) in [6.45, 7) is 3.65. The van der Waals surface area contributed by atoms with E-state index in [4.69, 9.17) is 27.9 Å². The summed E-state index contributed by atoms with van der Waals surface area (Å²) in [7, 11) is 0. The van der Waals surface area contributed by atoms with Crippen LogP contribution in [0.2, 0.25) is 10.0 Å². The van der Waals surface area contributed by atoms with Crippen molar-refractivity contribution in [3.05, 3.63) is 63.4 Å². The standard InChI is InChI=1S/C19H20Cl2N2O2/c1-2-3-15-10-14(6-7-22-15)19(24)23-8-9-25-18(12-23)13-4-5-16(20)17(21)11-13/h4-7,10-11,18H,2-3,8-9,12H2,1H3/t18-/m0/s1. The Kier molecular flexibility index (Phi) is 5.94. The van der Waals surface area contributed by atoms with E-state index in [1.54, 1.807) is 24.4 Å². The lowest BCUT2D eigenvalue weighted by molar-refractivity contribution is -0.0228. The fraction of sp³-hybridized carbons (Fsp3) is 0.368. The molecule has 0 bridgehead atoms. The van der Waals surface area contributed by atoms with Crippen molar-refractivity contribution in [2.45, 2.75) is 25.9 Å². The molecule has 1 fully saturated rings. The SMILES string of the molecule is CCCc1cc(C(=O)N2CCO[C@H](c3ccc(Cl)c(Cl)c3)C2)ccn1. The van der Waals surface area contributed by atoms with Crippen molar-refractivity contribution >= 4 is 29.1 Å². The number of halogens is 2. The molecule has 25 heavy (non-hydrogen) atoms. The molecule has 0 radical (unpaired) electrons. The second-order valence-electron chi connectivity index (χ2n) is 6.07. The number of nitrogens with zero attached hydrogens (tertiary/aromatic N) is 2. The molecule has 1 saturated heterocycles. The van der Waals surface area contributed by atoms with Crippen LogP contribution in [-0.2, 0) is 11.2 Å². The Hall–Kier alpha value is -1.62. The number of benzene rings is 1. The second kappa shape index (κ2) is 8.17. The van der Waals surface area contributed by atoms with Crippen molar-refractivity contribution in [3.8, 4) is 0 Å². The Morgan fingerprint density at radius 1 is 1.28 bits per heavy atom. The monoisotopic (exact) mass is 378 g/mol. The lowest BCUT2D eigenvalue weighted by Crippen LogP contribution is -2.42. The minimum Gasteiger partial charge on any atom is -0.370 e. The average molecular weight is 379 g/mol. The van der Waals surface area contributed by atoms with E-state index in [0.29, 0.717) is 35.3 Å². The molecule has 6 heteroatoms. The molecule has 1 amide bonds. The van der Waals surface area contributed by atoms with E-state index in [9.17, 15) is 4.79 Å². The Bertz CT molecular complexity index is 767. The van der Waals surface area contributed by atoms with Gasteiger partial charge in [-0.2, -0.15) is 0 Å². The van der Waals surface area contributed by atoms with E-state index < -0.39 is 0 Å². The molecule has 3 rings (SSSR count). The second-order valence-corrected chi connectivity index (χ2v) is 6.88. The zero-order valence-electron chi connectivity index (χ0n) is 14.0. The van der Waals surface area contributed by atoms with E-state index in [1.165, 1.54) is 0 Å². The summed E-state index contributed by atoms with van der Waals surface area (Å²) < 4.78 is 5.83. The molecule has 4 nitrogen and oxygen atoms in total. The molecule has 1 atom stereocenters. The number of ether oxygens (including phenoxy) is 1. The molecule has 0 saturated carbocycles. The number of hydrogen-bond donors (Lipinski definition) is 0. The van der Waals surface area contributed by atoms with Gasteiger partial charge in [0.05, 0.1) is 23.2 Å². The minimum atomic E-state index is -0.204. The van der Waals surface area contributed by atoms with Crippen LogP contribution in [0.5, 0.6) is 0 Å². The third-order valence-electron chi connectivity index (χ3n) is 4.24. The van der Waals surface area contributed by atoms with Crippen molar-refractivity contribution in [1.82, 2.24) is 9.88 Å². The van der Waals surface area contributed by atoms with Gasteiger partial charge in [-0.15, -0.1) is 0 Å². The predicted octanol–water partition coefficient (Wildman–Crippen LogP) is 4.55. The number of carbonyl (C=O) groups is 1. The third kappa shape index (κ3) is 4.32. The van der Waals surface area contributed by atoms with E-state index >= 15 is 0 Å². The smallest absolute Gasteiger partial charge is 0.254 e. The van der Waals surface area contributed by atoms with Crippen LogP contribution in [0.25, 0.3) is 0 Å². The highest BCUT2D eigenvalue weighted by Crippen LogP contribution is 2.29. The maximum absolute atomic E-state index is 12.8. The van der Waals surface area contributed by atoms with Gasteiger partial charge in [0, 0.05) is 24.0 Å². The fourth-order valence-corrected chi connectivity index (χ4v) is 3.24. The molecular formula is C19H20Cl2N2O2. The van der Waals surface area contributed by atoms with Crippen molar-refractivity contribution in [3.63, 3.8) is 0 Å². The summed E-state index contributed by atoms with van der Waals surface area (Å²) in [5.41, 5.74) is 2.55. The van der Waals surface area contributed by atoms with Crippen molar-refractivity contribution in [2.24, 2.45) is 0 Å². The first kappa shape index (κ1) is 18.2. The predicted molar refractivity (Wildman–Crippen MR) is 99.3 cm³/mol. The summed E-state index contributed by atoms with van der Waals surface area (Å²) in [4.78, 5) is 19.0. The topological polar surface area (TPSA) is 42.4 Å².